The minimum absolute atomic E-state index is 0.375. The van der Waals surface area contributed by atoms with E-state index in [0.29, 0.717) is 10.0 Å². The minimum atomic E-state index is 0.375. The second-order valence-corrected chi connectivity index (χ2v) is 5.37. The Morgan fingerprint density at radius 3 is 2.50 bits per heavy atom. The van der Waals surface area contributed by atoms with E-state index in [2.05, 4.69) is 21.2 Å². The molecule has 0 saturated heterocycles. The quantitative estimate of drug-likeness (QED) is 0.808. The van der Waals surface area contributed by atoms with E-state index in [-0.39, 0.29) is 0 Å². The molecule has 3 N–H and O–H groups in total. The number of benzene rings is 2. The third-order valence-electron chi connectivity index (χ3n) is 2.40. The van der Waals surface area contributed by atoms with Crippen molar-refractivity contribution < 1.29 is 0 Å². The van der Waals surface area contributed by atoms with Gasteiger partial charge in [-0.05, 0) is 46.3 Å². The number of rotatable bonds is 3. The molecular weight excluding hydrogens is 332 g/mol. The first kappa shape index (κ1) is 13.3. The van der Waals surface area contributed by atoms with Gasteiger partial charge in [-0.1, -0.05) is 36.0 Å². The molecule has 0 aromatic heterocycles. The lowest BCUT2D eigenvalue weighted by Crippen LogP contribution is -2.09. The monoisotopic (exact) mass is 340 g/mol. The average molecular weight is 342 g/mol. The van der Waals surface area contributed by atoms with E-state index in [0.717, 1.165) is 21.4 Å². The van der Waals surface area contributed by atoms with Gasteiger partial charge in [-0.25, -0.2) is 0 Å². The number of para-hydroxylation sites is 1. The van der Waals surface area contributed by atoms with Crippen molar-refractivity contribution in [2.45, 2.75) is 0 Å². The number of hydrogen-bond acceptors (Lipinski definition) is 2. The molecule has 0 radical (unpaired) electrons. The molecule has 2 nitrogen and oxygen atoms in total. The number of halogens is 2. The smallest absolute Gasteiger partial charge is 0.104 e. The summed E-state index contributed by atoms with van der Waals surface area (Å²) in [6.07, 6.45) is 0. The molecule has 0 unspecified atom stereocenters. The lowest BCUT2D eigenvalue weighted by Gasteiger charge is -2.11. The zero-order chi connectivity index (χ0) is 13.1. The molecule has 0 amide bonds. The molecule has 5 heteroatoms. The Balaban J connectivity index is 2.30. The van der Waals surface area contributed by atoms with Crippen LogP contribution in [-0.4, -0.2) is 4.99 Å². The fourth-order valence-electron chi connectivity index (χ4n) is 1.48. The summed E-state index contributed by atoms with van der Waals surface area (Å²) in [5, 5.41) is 3.91. The summed E-state index contributed by atoms with van der Waals surface area (Å²) in [5.41, 5.74) is 8.15. The fraction of sp³-hybridized carbons (Fsp3) is 0. The van der Waals surface area contributed by atoms with Crippen molar-refractivity contribution in [3.05, 3.63) is 57.5 Å². The van der Waals surface area contributed by atoms with Crippen LogP contribution in [0.15, 0.2) is 46.9 Å². The molecule has 0 spiro atoms. The highest BCUT2D eigenvalue weighted by atomic mass is 79.9. The summed E-state index contributed by atoms with van der Waals surface area (Å²) >= 11 is 14.5. The molecule has 0 fully saturated rings. The standard InChI is InChI=1S/C13H10BrClN2S/c14-9-7-8(13(16)18)5-6-11(9)17-12-4-2-1-3-10(12)15/h1-7,17H,(H2,16,18). The summed E-state index contributed by atoms with van der Waals surface area (Å²) in [6.45, 7) is 0. The molecule has 0 aliphatic rings. The van der Waals surface area contributed by atoms with Gasteiger partial charge in [0, 0.05) is 10.0 Å². The Labute approximate surface area is 124 Å². The van der Waals surface area contributed by atoms with E-state index in [1.165, 1.54) is 0 Å². The molecule has 0 bridgehead atoms. The van der Waals surface area contributed by atoms with E-state index in [4.69, 9.17) is 29.6 Å². The van der Waals surface area contributed by atoms with Crippen LogP contribution < -0.4 is 11.1 Å². The van der Waals surface area contributed by atoms with Crippen molar-refractivity contribution in [2.24, 2.45) is 5.73 Å². The molecule has 92 valence electrons. The summed E-state index contributed by atoms with van der Waals surface area (Å²) in [6, 6.07) is 13.2. The molecular formula is C13H10BrClN2S. The summed E-state index contributed by atoms with van der Waals surface area (Å²) < 4.78 is 0.882. The molecule has 2 rings (SSSR count). The third kappa shape index (κ3) is 3.02. The van der Waals surface area contributed by atoms with E-state index in [9.17, 15) is 0 Å². The predicted octanol–water partition coefficient (Wildman–Crippen LogP) is 4.48. The zero-order valence-electron chi connectivity index (χ0n) is 9.28. The Morgan fingerprint density at radius 1 is 1.17 bits per heavy atom. The van der Waals surface area contributed by atoms with Gasteiger partial charge in [-0.3, -0.25) is 0 Å². The fourth-order valence-corrected chi connectivity index (χ4v) is 2.27. The summed E-state index contributed by atoms with van der Waals surface area (Å²) in [7, 11) is 0. The number of anilines is 2. The van der Waals surface area contributed by atoms with Crippen LogP contribution >= 0.6 is 39.7 Å². The maximum Gasteiger partial charge on any atom is 0.104 e. The van der Waals surface area contributed by atoms with Crippen molar-refractivity contribution in [2.75, 3.05) is 5.32 Å². The van der Waals surface area contributed by atoms with Gasteiger partial charge < -0.3 is 11.1 Å². The van der Waals surface area contributed by atoms with Crippen LogP contribution in [0.1, 0.15) is 5.56 Å². The van der Waals surface area contributed by atoms with Crippen LogP contribution in [0.4, 0.5) is 11.4 Å². The molecule has 0 saturated carbocycles. The van der Waals surface area contributed by atoms with Crippen molar-refractivity contribution >= 4 is 56.1 Å². The van der Waals surface area contributed by atoms with Gasteiger partial charge in [-0.2, -0.15) is 0 Å². The van der Waals surface area contributed by atoms with Crippen LogP contribution in [0.2, 0.25) is 5.02 Å². The van der Waals surface area contributed by atoms with E-state index >= 15 is 0 Å². The number of nitrogens with two attached hydrogens (primary N) is 1. The molecule has 0 aliphatic heterocycles. The molecule has 2 aromatic carbocycles. The normalized spacial score (nSPS) is 10.1. The minimum Gasteiger partial charge on any atom is -0.389 e. The van der Waals surface area contributed by atoms with Gasteiger partial charge in [-0.15, -0.1) is 0 Å². The first-order valence-corrected chi connectivity index (χ1v) is 6.77. The maximum atomic E-state index is 6.09. The first-order valence-electron chi connectivity index (χ1n) is 5.19. The number of nitrogens with one attached hydrogen (secondary N) is 1. The van der Waals surface area contributed by atoms with Crippen molar-refractivity contribution in [3.63, 3.8) is 0 Å². The number of thiocarbonyl (C=S) groups is 1. The summed E-state index contributed by atoms with van der Waals surface area (Å²) in [4.78, 5) is 0.375. The topological polar surface area (TPSA) is 38.0 Å². The van der Waals surface area contributed by atoms with Gasteiger partial charge in [0.15, 0.2) is 0 Å². The maximum absolute atomic E-state index is 6.09. The molecule has 2 aromatic rings. The SMILES string of the molecule is NC(=S)c1ccc(Nc2ccccc2Cl)c(Br)c1. The van der Waals surface area contributed by atoms with Gasteiger partial charge in [0.1, 0.15) is 4.99 Å². The molecule has 0 atom stereocenters. The van der Waals surface area contributed by atoms with E-state index in [1.807, 2.05) is 42.5 Å². The largest absolute Gasteiger partial charge is 0.389 e. The highest BCUT2D eigenvalue weighted by Crippen LogP contribution is 2.30. The van der Waals surface area contributed by atoms with E-state index in [1.54, 1.807) is 0 Å². The van der Waals surface area contributed by atoms with Crippen molar-refractivity contribution in [1.29, 1.82) is 0 Å². The van der Waals surface area contributed by atoms with Crippen LogP contribution in [0.5, 0.6) is 0 Å². The Bertz CT molecular complexity index is 601. The third-order valence-corrected chi connectivity index (χ3v) is 3.62. The lowest BCUT2D eigenvalue weighted by atomic mass is 10.2. The van der Waals surface area contributed by atoms with Crippen LogP contribution in [0.25, 0.3) is 0 Å². The lowest BCUT2D eigenvalue weighted by molar-refractivity contribution is 1.51. The zero-order valence-corrected chi connectivity index (χ0v) is 12.4. The average Bonchev–Trinajstić information content (AvgIpc) is 2.34. The highest BCUT2D eigenvalue weighted by Gasteiger charge is 2.05. The van der Waals surface area contributed by atoms with Crippen molar-refractivity contribution in [1.82, 2.24) is 0 Å². The van der Waals surface area contributed by atoms with Crippen LogP contribution in [0, 0.1) is 0 Å². The van der Waals surface area contributed by atoms with Gasteiger partial charge >= 0.3 is 0 Å². The number of hydrogen-bond donors (Lipinski definition) is 2. The Hall–Kier alpha value is -1.10. The molecule has 18 heavy (non-hydrogen) atoms. The summed E-state index contributed by atoms with van der Waals surface area (Å²) in [5.74, 6) is 0. The highest BCUT2D eigenvalue weighted by molar-refractivity contribution is 9.10. The van der Waals surface area contributed by atoms with Gasteiger partial charge in [0.2, 0.25) is 0 Å². The second kappa shape index (κ2) is 5.69. The van der Waals surface area contributed by atoms with Crippen LogP contribution in [-0.2, 0) is 0 Å². The second-order valence-electron chi connectivity index (χ2n) is 3.66. The van der Waals surface area contributed by atoms with E-state index < -0.39 is 0 Å². The van der Waals surface area contributed by atoms with Gasteiger partial charge in [0.05, 0.1) is 16.4 Å². The van der Waals surface area contributed by atoms with Crippen molar-refractivity contribution in [3.8, 4) is 0 Å². The molecule has 0 heterocycles. The predicted molar refractivity (Wildman–Crippen MR) is 84.8 cm³/mol. The van der Waals surface area contributed by atoms with Crippen LogP contribution in [0.3, 0.4) is 0 Å². The van der Waals surface area contributed by atoms with Gasteiger partial charge in [0.25, 0.3) is 0 Å². The Kier molecular flexibility index (Phi) is 4.22. The molecule has 0 aliphatic carbocycles. The Morgan fingerprint density at radius 2 is 1.89 bits per heavy atom. The first-order chi connectivity index (χ1) is 8.58.